The fourth-order valence-electron chi connectivity index (χ4n) is 3.13. The lowest BCUT2D eigenvalue weighted by Gasteiger charge is -2.19. The zero-order valence-electron chi connectivity index (χ0n) is 19.1. The number of anilines is 4. The van der Waals surface area contributed by atoms with Crippen LogP contribution in [-0.2, 0) is 10.2 Å². The van der Waals surface area contributed by atoms with Gasteiger partial charge in [0.15, 0.2) is 17.2 Å². The molecule has 9 nitrogen and oxygen atoms in total. The highest BCUT2D eigenvalue weighted by Crippen LogP contribution is 2.26. The van der Waals surface area contributed by atoms with Gasteiger partial charge in [0.25, 0.3) is 0 Å². The Morgan fingerprint density at radius 2 is 1.69 bits per heavy atom. The van der Waals surface area contributed by atoms with E-state index >= 15 is 0 Å². The van der Waals surface area contributed by atoms with Crippen LogP contribution in [0.4, 0.5) is 40.7 Å². The van der Waals surface area contributed by atoms with Crippen molar-refractivity contribution >= 4 is 40.2 Å². The van der Waals surface area contributed by atoms with E-state index in [1.54, 1.807) is 0 Å². The topological polar surface area (TPSA) is 111 Å². The number of hydrogen-bond acceptors (Lipinski definition) is 8. The number of oxazole rings is 1. The van der Waals surface area contributed by atoms with E-state index in [4.69, 9.17) is 4.42 Å². The summed E-state index contributed by atoms with van der Waals surface area (Å²) in [5.74, 6) is -4.97. The highest BCUT2D eigenvalue weighted by atomic mass is 19.4. The number of hydrogen-bond donors (Lipinski definition) is 2. The van der Waals surface area contributed by atoms with E-state index in [1.807, 2.05) is 24.3 Å². The monoisotopic (exact) mass is 505 g/mol. The van der Waals surface area contributed by atoms with Gasteiger partial charge in [0.1, 0.15) is 5.52 Å². The van der Waals surface area contributed by atoms with Crippen molar-refractivity contribution in [3.05, 3.63) is 70.6 Å². The molecule has 0 fully saturated rings. The molecule has 0 saturated carbocycles. The molecule has 13 heteroatoms. The third-order valence-electron chi connectivity index (χ3n) is 4.96. The minimum absolute atomic E-state index is 0.0336. The highest BCUT2D eigenvalue weighted by Gasteiger charge is 2.42. The van der Waals surface area contributed by atoms with E-state index < -0.39 is 23.7 Å². The zero-order valence-corrected chi connectivity index (χ0v) is 19.1. The minimum Gasteiger partial charge on any atom is -0.405 e. The Morgan fingerprint density at radius 3 is 2.33 bits per heavy atom. The van der Waals surface area contributed by atoms with Crippen LogP contribution in [0.5, 0.6) is 0 Å². The molecule has 0 spiro atoms. The maximum Gasteiger partial charge on any atom is 0.493 e. The molecule has 188 valence electrons. The van der Waals surface area contributed by atoms with Gasteiger partial charge in [-0.2, -0.15) is 18.2 Å². The van der Waals surface area contributed by atoms with Crippen LogP contribution in [-0.4, -0.2) is 26.8 Å². The summed E-state index contributed by atoms with van der Waals surface area (Å²) in [6, 6.07) is 11.3. The van der Waals surface area contributed by atoms with Gasteiger partial charge in [-0.05, 0) is 41.3 Å². The van der Waals surface area contributed by atoms with Gasteiger partial charge in [-0.1, -0.05) is 37.6 Å². The number of nitrogens with one attached hydrogen (secondary N) is 2. The Hall–Kier alpha value is -4.42. The number of nitrogens with zero attached hydrogens (tertiary/aromatic N) is 3. The second-order valence-electron chi connectivity index (χ2n) is 8.69. The van der Waals surface area contributed by atoms with Crippen LogP contribution in [0.3, 0.4) is 0 Å². The van der Waals surface area contributed by atoms with Crippen LogP contribution in [0.1, 0.15) is 26.3 Å². The van der Waals surface area contributed by atoms with E-state index in [0.29, 0.717) is 5.69 Å². The molecule has 0 amide bonds. The van der Waals surface area contributed by atoms with Crippen LogP contribution >= 0.6 is 0 Å². The Balaban J connectivity index is 1.58. The van der Waals surface area contributed by atoms with Crippen LogP contribution in [0, 0.1) is 5.82 Å². The van der Waals surface area contributed by atoms with Gasteiger partial charge in [-0.15, -0.1) is 0 Å². The average molecular weight is 505 g/mol. The number of fused-ring (bicyclic) bond motifs is 1. The van der Waals surface area contributed by atoms with Crippen molar-refractivity contribution in [2.75, 3.05) is 10.6 Å². The molecule has 0 atom stereocenters. The fraction of sp³-hybridized carbons (Fsp3) is 0.217. The smallest absolute Gasteiger partial charge is 0.405 e. The van der Waals surface area contributed by atoms with E-state index in [1.165, 1.54) is 12.1 Å². The fourth-order valence-corrected chi connectivity index (χ4v) is 3.13. The molecule has 2 aromatic carbocycles. The molecule has 0 bridgehead atoms. The highest BCUT2D eigenvalue weighted by molar-refractivity contribution is 5.81. The van der Waals surface area contributed by atoms with Crippen LogP contribution in [0.2, 0.25) is 0 Å². The molecule has 2 N–H and O–H groups in total. The number of halogens is 4. The number of carbonyl (C=O) groups is 1. The molecule has 2 heterocycles. The Kier molecular flexibility index (Phi) is 6.16. The third kappa shape index (κ3) is 5.29. The molecule has 2 aromatic heterocycles. The maximum atomic E-state index is 14.4. The Morgan fingerprint density at radius 1 is 1.03 bits per heavy atom. The number of alkyl halides is 3. The summed E-state index contributed by atoms with van der Waals surface area (Å²) in [7, 11) is 0. The molecule has 0 saturated heterocycles. The Labute approximate surface area is 200 Å². The number of benzene rings is 2. The van der Waals surface area contributed by atoms with Gasteiger partial charge in [0.2, 0.25) is 5.95 Å². The molecule has 0 aliphatic carbocycles. The van der Waals surface area contributed by atoms with Crippen molar-refractivity contribution in [1.29, 1.82) is 0 Å². The normalized spacial score (nSPS) is 12.0. The van der Waals surface area contributed by atoms with E-state index in [2.05, 4.69) is 46.2 Å². The lowest BCUT2D eigenvalue weighted by Crippen LogP contribution is -2.36. The van der Waals surface area contributed by atoms with Gasteiger partial charge in [0.05, 0.1) is 6.20 Å². The Bertz CT molecular complexity index is 1490. The summed E-state index contributed by atoms with van der Waals surface area (Å²) in [6.07, 6.45) is -4.40. The lowest BCUT2D eigenvalue weighted by atomic mass is 9.87. The molecular formula is C23H19F4N5O4. The quantitative estimate of drug-likeness (QED) is 0.371. The van der Waals surface area contributed by atoms with Gasteiger partial charge in [0, 0.05) is 11.4 Å². The number of aromatic nitrogens is 3. The predicted molar refractivity (Wildman–Crippen MR) is 122 cm³/mol. The summed E-state index contributed by atoms with van der Waals surface area (Å²) < 4.78 is 56.9. The van der Waals surface area contributed by atoms with Crippen LogP contribution in [0.15, 0.2) is 57.9 Å². The van der Waals surface area contributed by atoms with E-state index in [0.717, 1.165) is 17.8 Å². The first-order valence-corrected chi connectivity index (χ1v) is 10.4. The molecule has 0 unspecified atom stereocenters. The first kappa shape index (κ1) is 24.7. The maximum absolute atomic E-state index is 14.4. The van der Waals surface area contributed by atoms with Crippen molar-refractivity contribution < 1.29 is 31.6 Å². The molecular weight excluding hydrogens is 486 g/mol. The summed E-state index contributed by atoms with van der Waals surface area (Å²) >= 11 is 0. The summed E-state index contributed by atoms with van der Waals surface area (Å²) in [5.41, 5.74) is 1.39. The second kappa shape index (κ2) is 8.98. The summed E-state index contributed by atoms with van der Waals surface area (Å²) in [5, 5.41) is 5.61. The lowest BCUT2D eigenvalue weighted by molar-refractivity contribution is -0.200. The van der Waals surface area contributed by atoms with Gasteiger partial charge >= 0.3 is 17.9 Å². The first-order chi connectivity index (χ1) is 16.8. The predicted octanol–water partition coefficient (Wildman–Crippen LogP) is 4.83. The van der Waals surface area contributed by atoms with Gasteiger partial charge in [-0.3, -0.25) is 0 Å². The molecule has 36 heavy (non-hydrogen) atoms. The SMILES string of the molecule is CC(C)(C)c1ccc(Nc2ncc(F)c(Nc3ccc4oc(=O)n(OC(=O)C(F)(F)F)c4c3)n2)cc1. The number of rotatable bonds is 5. The molecule has 4 rings (SSSR count). The second-order valence-corrected chi connectivity index (χ2v) is 8.69. The van der Waals surface area contributed by atoms with Crippen molar-refractivity contribution in [2.24, 2.45) is 0 Å². The molecule has 4 aromatic rings. The standard InChI is InChI=1S/C23H19F4N5O4/c1-22(2,3)12-4-6-13(7-5-12)30-20-28-11-15(24)18(31-20)29-14-8-9-17-16(10-14)32(21(34)35-17)36-19(33)23(25,26)27/h4-11H,1-3H3,(H2,28,29,30,31). The third-order valence-corrected chi connectivity index (χ3v) is 4.96. The number of carbonyl (C=O) groups excluding carboxylic acids is 1. The van der Waals surface area contributed by atoms with Gasteiger partial charge < -0.3 is 19.9 Å². The molecule has 0 aliphatic heterocycles. The summed E-state index contributed by atoms with van der Waals surface area (Å²) in [6.45, 7) is 6.24. The van der Waals surface area contributed by atoms with Crippen molar-refractivity contribution in [1.82, 2.24) is 14.7 Å². The van der Waals surface area contributed by atoms with Crippen molar-refractivity contribution in [3.8, 4) is 0 Å². The minimum atomic E-state index is -5.33. The average Bonchev–Trinajstić information content (AvgIpc) is 3.09. The first-order valence-electron chi connectivity index (χ1n) is 10.4. The largest absolute Gasteiger partial charge is 0.493 e. The van der Waals surface area contributed by atoms with Crippen LogP contribution in [0.25, 0.3) is 11.1 Å². The van der Waals surface area contributed by atoms with Crippen molar-refractivity contribution in [3.63, 3.8) is 0 Å². The summed E-state index contributed by atoms with van der Waals surface area (Å²) in [4.78, 5) is 35.1. The molecule has 0 aliphatic rings. The van der Waals surface area contributed by atoms with E-state index in [9.17, 15) is 27.2 Å². The van der Waals surface area contributed by atoms with Crippen LogP contribution < -0.4 is 21.2 Å². The zero-order chi connectivity index (χ0) is 26.3. The van der Waals surface area contributed by atoms with Gasteiger partial charge in [-0.25, -0.2) is 19.0 Å². The van der Waals surface area contributed by atoms with Crippen molar-refractivity contribution in [2.45, 2.75) is 32.4 Å². The molecule has 0 radical (unpaired) electrons. The van der Waals surface area contributed by atoms with E-state index in [-0.39, 0.29) is 38.7 Å².